The fourth-order valence-corrected chi connectivity index (χ4v) is 4.48. The number of carbonyl (C=O) groups is 3. The van der Waals surface area contributed by atoms with Gasteiger partial charge in [-0.3, -0.25) is 14.9 Å². The number of carbonyl (C=O) groups excluding carboxylic acids is 3. The Morgan fingerprint density at radius 2 is 1.85 bits per heavy atom. The van der Waals surface area contributed by atoms with Gasteiger partial charge in [-0.05, 0) is 60.3 Å². The number of fused-ring (bicyclic) bond motifs is 1. The van der Waals surface area contributed by atoms with Crippen molar-refractivity contribution >= 4 is 75.6 Å². The Hall–Kier alpha value is -3.53. The lowest BCUT2D eigenvalue weighted by Gasteiger charge is -2.26. The van der Waals surface area contributed by atoms with Gasteiger partial charge in [-0.25, -0.2) is 14.7 Å². The third kappa shape index (κ3) is 4.13. The van der Waals surface area contributed by atoms with Gasteiger partial charge in [0.15, 0.2) is 10.2 Å². The highest BCUT2D eigenvalue weighted by molar-refractivity contribution is 7.99. The Kier molecular flexibility index (Phi) is 5.45. The van der Waals surface area contributed by atoms with E-state index in [9.17, 15) is 14.4 Å². The molecule has 8 nitrogen and oxygen atoms in total. The average Bonchev–Trinajstić information content (AvgIpc) is 3.38. The maximum absolute atomic E-state index is 13.0. The van der Waals surface area contributed by atoms with E-state index in [1.54, 1.807) is 12.1 Å². The van der Waals surface area contributed by atoms with Crippen LogP contribution in [-0.2, 0) is 9.59 Å². The Labute approximate surface area is 200 Å². The highest BCUT2D eigenvalue weighted by Crippen LogP contribution is 2.32. The lowest BCUT2D eigenvalue weighted by Crippen LogP contribution is -2.54. The number of imidazole rings is 1. The number of hydrogen-bond donors (Lipinski definition) is 2. The monoisotopic (exact) mass is 498 g/mol. The predicted octanol–water partition coefficient (Wildman–Crippen LogP) is 5.28. The molecule has 33 heavy (non-hydrogen) atoms. The van der Waals surface area contributed by atoms with E-state index in [0.29, 0.717) is 15.3 Å². The summed E-state index contributed by atoms with van der Waals surface area (Å²) in [5.41, 5.74) is 1.53. The number of aromatic nitrogens is 2. The maximum Gasteiger partial charge on any atom is 0.335 e. The van der Waals surface area contributed by atoms with Crippen LogP contribution in [0.15, 0.2) is 74.8 Å². The van der Waals surface area contributed by atoms with E-state index in [1.165, 1.54) is 36.0 Å². The molecule has 164 valence electrons. The minimum atomic E-state index is -0.910. The van der Waals surface area contributed by atoms with Gasteiger partial charge in [0.05, 0.1) is 21.7 Å². The molecule has 2 aromatic heterocycles. The minimum Gasteiger partial charge on any atom is -0.450 e. The van der Waals surface area contributed by atoms with Gasteiger partial charge >= 0.3 is 6.03 Å². The van der Waals surface area contributed by atoms with Crippen molar-refractivity contribution in [2.75, 3.05) is 4.90 Å². The van der Waals surface area contributed by atoms with Gasteiger partial charge in [-0.2, -0.15) is 0 Å². The summed E-state index contributed by atoms with van der Waals surface area (Å²) in [7, 11) is 0. The molecule has 0 aliphatic carbocycles. The molecule has 2 aromatic carbocycles. The number of amides is 4. The quantitative estimate of drug-likeness (QED) is 0.292. The number of hydrogen-bond acceptors (Lipinski definition) is 6. The first kappa shape index (κ1) is 21.3. The van der Waals surface area contributed by atoms with Crippen LogP contribution < -0.4 is 10.2 Å². The van der Waals surface area contributed by atoms with Crippen LogP contribution in [0.2, 0.25) is 10.0 Å². The number of para-hydroxylation sites is 2. The zero-order chi connectivity index (χ0) is 23.1. The maximum atomic E-state index is 13.0. The standard InChI is InChI=1S/C22H12Cl2N4O4S/c23-11-5-7-17(14(24)9-11)28-20(30)13(19(29)27-22(28)31)10-12-6-8-18(32-12)33-21-25-15-3-1-2-4-16(15)26-21/h1-10H,(H,25,26)(H,27,29,31)/b13-10+. The molecule has 1 saturated heterocycles. The molecule has 0 saturated carbocycles. The second-order valence-electron chi connectivity index (χ2n) is 6.87. The second kappa shape index (κ2) is 8.43. The number of furan rings is 1. The van der Waals surface area contributed by atoms with Crippen LogP contribution in [0.25, 0.3) is 17.1 Å². The zero-order valence-electron chi connectivity index (χ0n) is 16.5. The Balaban J connectivity index is 1.42. The van der Waals surface area contributed by atoms with Gasteiger partial charge in [0.25, 0.3) is 11.8 Å². The number of aromatic amines is 1. The normalized spacial score (nSPS) is 15.5. The van der Waals surface area contributed by atoms with E-state index in [0.717, 1.165) is 15.9 Å². The highest BCUT2D eigenvalue weighted by Gasteiger charge is 2.38. The molecule has 4 aromatic rings. The van der Waals surface area contributed by atoms with Crippen molar-refractivity contribution in [1.82, 2.24) is 15.3 Å². The molecule has 1 aliphatic heterocycles. The van der Waals surface area contributed by atoms with Gasteiger partial charge < -0.3 is 9.40 Å². The first-order valence-electron chi connectivity index (χ1n) is 9.48. The third-order valence-corrected chi connectivity index (χ3v) is 6.05. The third-order valence-electron chi connectivity index (χ3n) is 4.71. The molecule has 1 aliphatic rings. The number of barbiturate groups is 1. The largest absolute Gasteiger partial charge is 0.450 e. The number of H-pyrrole nitrogens is 1. The van der Waals surface area contributed by atoms with Crippen LogP contribution in [-0.4, -0.2) is 27.8 Å². The SMILES string of the molecule is O=C1NC(=O)N(c2ccc(Cl)cc2Cl)C(=O)/C1=C/c1ccc(Sc2nc3ccccc3[nH]2)o1. The summed E-state index contributed by atoms with van der Waals surface area (Å²) in [6, 6.07) is 14.3. The summed E-state index contributed by atoms with van der Waals surface area (Å²) in [6.45, 7) is 0. The molecule has 1 fully saturated rings. The first-order chi connectivity index (χ1) is 15.9. The smallest absolute Gasteiger partial charge is 0.335 e. The van der Waals surface area contributed by atoms with Crippen LogP contribution in [0, 0.1) is 0 Å². The van der Waals surface area contributed by atoms with Crippen molar-refractivity contribution in [3.8, 4) is 0 Å². The summed E-state index contributed by atoms with van der Waals surface area (Å²) in [4.78, 5) is 46.2. The Bertz CT molecular complexity index is 1440. The molecular weight excluding hydrogens is 487 g/mol. The van der Waals surface area contributed by atoms with Crippen molar-refractivity contribution in [3.63, 3.8) is 0 Å². The summed E-state index contributed by atoms with van der Waals surface area (Å²) in [5, 5.41) is 3.69. The number of benzene rings is 2. The van der Waals surface area contributed by atoms with Gasteiger partial charge in [0, 0.05) is 5.02 Å². The zero-order valence-corrected chi connectivity index (χ0v) is 18.8. The van der Waals surface area contributed by atoms with Crippen molar-refractivity contribution in [1.29, 1.82) is 0 Å². The summed E-state index contributed by atoms with van der Waals surface area (Å²) in [6.07, 6.45) is 1.27. The molecule has 0 bridgehead atoms. The Morgan fingerprint density at radius 1 is 1.03 bits per heavy atom. The number of nitrogens with zero attached hydrogens (tertiary/aromatic N) is 2. The Morgan fingerprint density at radius 3 is 2.64 bits per heavy atom. The molecule has 11 heteroatoms. The van der Waals surface area contributed by atoms with Crippen LogP contribution in [0.5, 0.6) is 0 Å². The van der Waals surface area contributed by atoms with Crippen LogP contribution in [0.3, 0.4) is 0 Å². The topological polar surface area (TPSA) is 108 Å². The van der Waals surface area contributed by atoms with Crippen molar-refractivity contribution in [2.45, 2.75) is 10.2 Å². The fourth-order valence-electron chi connectivity index (χ4n) is 3.22. The molecule has 0 spiro atoms. The van der Waals surface area contributed by atoms with Crippen LogP contribution in [0.1, 0.15) is 5.76 Å². The van der Waals surface area contributed by atoms with E-state index in [1.807, 2.05) is 24.3 Å². The summed E-state index contributed by atoms with van der Waals surface area (Å²) in [5.74, 6) is -1.42. The van der Waals surface area contributed by atoms with E-state index in [4.69, 9.17) is 27.6 Å². The van der Waals surface area contributed by atoms with E-state index >= 15 is 0 Å². The molecule has 2 N–H and O–H groups in total. The molecule has 5 rings (SSSR count). The van der Waals surface area contributed by atoms with Crippen molar-refractivity contribution in [2.24, 2.45) is 0 Å². The molecule has 0 radical (unpaired) electrons. The number of urea groups is 1. The minimum absolute atomic E-state index is 0.0854. The van der Waals surface area contributed by atoms with Gasteiger partial charge in [-0.1, -0.05) is 35.3 Å². The lowest BCUT2D eigenvalue weighted by atomic mass is 10.1. The van der Waals surface area contributed by atoms with Gasteiger partial charge in [-0.15, -0.1) is 0 Å². The number of anilines is 1. The van der Waals surface area contributed by atoms with E-state index in [2.05, 4.69) is 15.3 Å². The highest BCUT2D eigenvalue weighted by atomic mass is 35.5. The number of nitrogens with one attached hydrogen (secondary N) is 2. The van der Waals surface area contributed by atoms with Crippen molar-refractivity contribution in [3.05, 3.63) is 76.0 Å². The van der Waals surface area contributed by atoms with E-state index in [-0.39, 0.29) is 22.0 Å². The van der Waals surface area contributed by atoms with Crippen molar-refractivity contribution < 1.29 is 18.8 Å². The molecule has 4 amide bonds. The molecular formula is C22H12Cl2N4O4S. The summed E-state index contributed by atoms with van der Waals surface area (Å²) < 4.78 is 5.74. The fraction of sp³-hybridized carbons (Fsp3) is 0. The predicted molar refractivity (Wildman–Crippen MR) is 124 cm³/mol. The van der Waals surface area contributed by atoms with Crippen LogP contribution >= 0.6 is 35.0 Å². The molecule has 0 atom stereocenters. The number of imide groups is 2. The van der Waals surface area contributed by atoms with Gasteiger partial charge in [0.2, 0.25) is 0 Å². The second-order valence-corrected chi connectivity index (χ2v) is 8.71. The molecule has 3 heterocycles. The number of halogens is 2. The summed E-state index contributed by atoms with van der Waals surface area (Å²) >= 11 is 13.3. The lowest BCUT2D eigenvalue weighted by molar-refractivity contribution is -0.122. The first-order valence-corrected chi connectivity index (χ1v) is 11.1. The molecule has 0 unspecified atom stereocenters. The van der Waals surface area contributed by atoms with E-state index < -0.39 is 17.8 Å². The van der Waals surface area contributed by atoms with Crippen LogP contribution in [0.4, 0.5) is 10.5 Å². The van der Waals surface area contributed by atoms with Gasteiger partial charge in [0.1, 0.15) is 11.3 Å². The number of rotatable bonds is 4. The average molecular weight is 499 g/mol.